The van der Waals surface area contributed by atoms with Gasteiger partial charge in [0.1, 0.15) is 11.8 Å². The average molecular weight is 613 g/mol. The second-order valence-corrected chi connectivity index (χ2v) is 12.8. The Balaban J connectivity index is 1.82. The number of anilines is 1. The van der Waals surface area contributed by atoms with Crippen LogP contribution in [0.2, 0.25) is 10.0 Å². The Morgan fingerprint density at radius 3 is 2.30 bits per heavy atom. The van der Waals surface area contributed by atoms with Crippen molar-refractivity contribution < 1.29 is 22.7 Å². The Bertz CT molecular complexity index is 1250. The molecule has 0 aliphatic heterocycles. The maximum Gasteiger partial charge on any atom is 0.243 e. The minimum Gasteiger partial charge on any atom is -0.495 e. The first-order chi connectivity index (χ1) is 19.1. The Morgan fingerprint density at radius 1 is 1.05 bits per heavy atom. The second-order valence-electron chi connectivity index (χ2n) is 10.1. The standard InChI is InChI=1S/C29H39Cl2N3O5S/c1-4-25(29(36)32-21-12-6-5-7-13-21)33(20-22-23(30)14-10-15-24(22)31)28(35)18-11-19-34(40(3,37)38)26-16-8-9-17-27(26)39-2/h8-10,14-17,21,25H,4-7,11-13,18-20H2,1-3H3,(H,32,36). The number of para-hydroxylation sites is 2. The van der Waals surface area contributed by atoms with Gasteiger partial charge in [0.05, 0.1) is 19.1 Å². The molecule has 1 N–H and O–H groups in total. The van der Waals surface area contributed by atoms with E-state index in [0.29, 0.717) is 33.5 Å². The van der Waals surface area contributed by atoms with Crippen molar-refractivity contribution >= 4 is 50.7 Å². The van der Waals surface area contributed by atoms with Gasteiger partial charge >= 0.3 is 0 Å². The summed E-state index contributed by atoms with van der Waals surface area (Å²) >= 11 is 12.9. The Labute approximate surface area is 248 Å². The van der Waals surface area contributed by atoms with E-state index in [0.717, 1.165) is 31.9 Å². The van der Waals surface area contributed by atoms with Crippen molar-refractivity contribution in [1.82, 2.24) is 10.2 Å². The molecule has 0 spiro atoms. The summed E-state index contributed by atoms with van der Waals surface area (Å²) in [7, 11) is -2.17. The van der Waals surface area contributed by atoms with Crippen LogP contribution in [0.1, 0.15) is 63.9 Å². The number of carbonyl (C=O) groups excluding carboxylic acids is 2. The zero-order valence-electron chi connectivity index (χ0n) is 23.4. The molecule has 3 rings (SSSR count). The topological polar surface area (TPSA) is 96.0 Å². The van der Waals surface area contributed by atoms with Gasteiger partial charge in [-0.15, -0.1) is 0 Å². The van der Waals surface area contributed by atoms with Crippen molar-refractivity contribution in [2.24, 2.45) is 0 Å². The summed E-state index contributed by atoms with van der Waals surface area (Å²) in [5.41, 5.74) is 0.966. The van der Waals surface area contributed by atoms with E-state index in [2.05, 4.69) is 5.32 Å². The summed E-state index contributed by atoms with van der Waals surface area (Å²) in [6, 6.07) is 11.3. The van der Waals surface area contributed by atoms with Crippen molar-refractivity contribution in [3.63, 3.8) is 0 Å². The van der Waals surface area contributed by atoms with Crippen LogP contribution in [0, 0.1) is 0 Å². The van der Waals surface area contributed by atoms with Crippen LogP contribution >= 0.6 is 23.2 Å². The van der Waals surface area contributed by atoms with Gasteiger partial charge in [-0.05, 0) is 49.9 Å². The highest BCUT2D eigenvalue weighted by molar-refractivity contribution is 7.92. The van der Waals surface area contributed by atoms with E-state index in [-0.39, 0.29) is 43.8 Å². The van der Waals surface area contributed by atoms with Crippen molar-refractivity contribution in [1.29, 1.82) is 0 Å². The van der Waals surface area contributed by atoms with E-state index >= 15 is 0 Å². The van der Waals surface area contributed by atoms with E-state index < -0.39 is 16.1 Å². The zero-order chi connectivity index (χ0) is 29.3. The number of benzene rings is 2. The molecule has 11 heteroatoms. The van der Waals surface area contributed by atoms with Crippen molar-refractivity contribution in [2.45, 2.75) is 76.9 Å². The molecule has 1 unspecified atom stereocenters. The minimum absolute atomic E-state index is 0.0243. The van der Waals surface area contributed by atoms with Crippen LogP contribution in [0.15, 0.2) is 42.5 Å². The van der Waals surface area contributed by atoms with Gasteiger partial charge in [-0.2, -0.15) is 0 Å². The lowest BCUT2D eigenvalue weighted by atomic mass is 9.95. The largest absolute Gasteiger partial charge is 0.495 e. The fourth-order valence-corrected chi connectivity index (χ4v) is 6.62. The highest BCUT2D eigenvalue weighted by Crippen LogP contribution is 2.31. The first-order valence-electron chi connectivity index (χ1n) is 13.7. The molecule has 1 aliphatic rings. The zero-order valence-corrected chi connectivity index (χ0v) is 25.7. The first-order valence-corrected chi connectivity index (χ1v) is 16.3. The quantitative estimate of drug-likeness (QED) is 0.308. The lowest BCUT2D eigenvalue weighted by molar-refractivity contribution is -0.141. The van der Waals surface area contributed by atoms with Crippen LogP contribution in [-0.2, 0) is 26.2 Å². The summed E-state index contributed by atoms with van der Waals surface area (Å²) in [6.07, 6.45) is 6.95. The number of halogens is 2. The number of amides is 2. The molecule has 0 saturated heterocycles. The number of methoxy groups -OCH3 is 1. The van der Waals surface area contributed by atoms with Crippen LogP contribution in [0.4, 0.5) is 5.69 Å². The maximum absolute atomic E-state index is 13.7. The van der Waals surface area contributed by atoms with Gasteiger partial charge in [-0.3, -0.25) is 13.9 Å². The van der Waals surface area contributed by atoms with E-state index in [1.807, 2.05) is 6.92 Å². The smallest absolute Gasteiger partial charge is 0.243 e. The van der Waals surface area contributed by atoms with Crippen LogP contribution < -0.4 is 14.4 Å². The molecular weight excluding hydrogens is 573 g/mol. The summed E-state index contributed by atoms with van der Waals surface area (Å²) in [5, 5.41) is 3.97. The Hall–Kier alpha value is -2.49. The van der Waals surface area contributed by atoms with Gasteiger partial charge in [-0.25, -0.2) is 8.42 Å². The highest BCUT2D eigenvalue weighted by Gasteiger charge is 2.31. The number of sulfonamides is 1. The molecule has 1 atom stereocenters. The van der Waals surface area contributed by atoms with Gasteiger partial charge in [0, 0.05) is 41.2 Å². The molecule has 2 aromatic carbocycles. The summed E-state index contributed by atoms with van der Waals surface area (Å²) in [5.74, 6) is -0.0625. The molecule has 1 saturated carbocycles. The van der Waals surface area contributed by atoms with Gasteiger partial charge in [-0.1, -0.05) is 67.6 Å². The lowest BCUT2D eigenvalue weighted by Gasteiger charge is -2.33. The molecule has 2 aromatic rings. The molecule has 1 aliphatic carbocycles. The molecule has 8 nitrogen and oxygen atoms in total. The summed E-state index contributed by atoms with van der Waals surface area (Å²) in [4.78, 5) is 28.7. The molecule has 40 heavy (non-hydrogen) atoms. The SMILES string of the molecule is CCC(C(=O)NC1CCCCC1)N(Cc1c(Cl)cccc1Cl)C(=O)CCCN(c1ccccc1OC)S(C)(=O)=O. The molecule has 220 valence electrons. The fraction of sp³-hybridized carbons (Fsp3) is 0.517. The predicted molar refractivity (Wildman–Crippen MR) is 161 cm³/mol. The number of carbonyl (C=O) groups is 2. The number of hydrogen-bond acceptors (Lipinski definition) is 5. The maximum atomic E-state index is 13.7. The fourth-order valence-electron chi connectivity index (χ4n) is 5.14. The van der Waals surface area contributed by atoms with Crippen LogP contribution in [0.25, 0.3) is 0 Å². The first kappa shape index (κ1) is 32.0. The molecule has 2 amide bonds. The van der Waals surface area contributed by atoms with Crippen LogP contribution in [0.5, 0.6) is 5.75 Å². The van der Waals surface area contributed by atoms with Crippen molar-refractivity contribution in [3.05, 3.63) is 58.1 Å². The van der Waals surface area contributed by atoms with Gasteiger partial charge < -0.3 is 15.0 Å². The second kappa shape index (κ2) is 14.9. The number of ether oxygens (including phenoxy) is 1. The van der Waals surface area contributed by atoms with Gasteiger partial charge in [0.2, 0.25) is 21.8 Å². The Kier molecular flexibility index (Phi) is 12.0. The summed E-state index contributed by atoms with van der Waals surface area (Å²) < 4.78 is 31.9. The number of rotatable bonds is 13. The molecule has 0 radical (unpaired) electrons. The average Bonchev–Trinajstić information content (AvgIpc) is 2.92. The molecule has 0 bridgehead atoms. The molecular formula is C29H39Cl2N3O5S. The molecule has 0 aromatic heterocycles. The highest BCUT2D eigenvalue weighted by atomic mass is 35.5. The van der Waals surface area contributed by atoms with Crippen LogP contribution in [0.3, 0.4) is 0 Å². The third-order valence-corrected chi connectivity index (χ3v) is 9.12. The molecule has 0 heterocycles. The van der Waals surface area contributed by atoms with E-state index in [1.54, 1.807) is 42.5 Å². The monoisotopic (exact) mass is 611 g/mol. The van der Waals surface area contributed by atoms with E-state index in [1.165, 1.54) is 22.7 Å². The number of nitrogens with zero attached hydrogens (tertiary/aromatic N) is 2. The molecule has 1 fully saturated rings. The lowest BCUT2D eigenvalue weighted by Crippen LogP contribution is -2.51. The summed E-state index contributed by atoms with van der Waals surface area (Å²) in [6.45, 7) is 2.00. The third kappa shape index (κ3) is 8.51. The van der Waals surface area contributed by atoms with E-state index in [9.17, 15) is 18.0 Å². The Morgan fingerprint density at radius 2 is 1.70 bits per heavy atom. The van der Waals surface area contributed by atoms with Crippen LogP contribution in [-0.4, -0.2) is 57.1 Å². The number of nitrogens with one attached hydrogen (secondary N) is 1. The van der Waals surface area contributed by atoms with Gasteiger partial charge in [0.25, 0.3) is 0 Å². The predicted octanol–water partition coefficient (Wildman–Crippen LogP) is 5.80. The van der Waals surface area contributed by atoms with E-state index in [4.69, 9.17) is 27.9 Å². The normalized spacial score (nSPS) is 14.8. The van der Waals surface area contributed by atoms with Crippen molar-refractivity contribution in [2.75, 3.05) is 24.2 Å². The third-order valence-electron chi connectivity index (χ3n) is 7.23. The van der Waals surface area contributed by atoms with Gasteiger partial charge in [0.15, 0.2) is 0 Å². The number of hydrogen-bond donors (Lipinski definition) is 1. The van der Waals surface area contributed by atoms with Crippen molar-refractivity contribution in [3.8, 4) is 5.75 Å². The minimum atomic E-state index is -3.65.